The monoisotopic (exact) mass is 284 g/mol. The van der Waals surface area contributed by atoms with E-state index in [0.717, 1.165) is 25.3 Å². The molecule has 0 radical (unpaired) electrons. The van der Waals surface area contributed by atoms with Crippen LogP contribution in [0.1, 0.15) is 70.8 Å². The van der Waals surface area contributed by atoms with Crippen molar-refractivity contribution in [1.82, 2.24) is 0 Å². The van der Waals surface area contributed by atoms with Gasteiger partial charge in [-0.1, -0.05) is 64.0 Å². The van der Waals surface area contributed by atoms with E-state index in [0.29, 0.717) is 6.42 Å². The summed E-state index contributed by atoms with van der Waals surface area (Å²) in [4.78, 5) is 0. The van der Waals surface area contributed by atoms with Gasteiger partial charge >= 0.3 is 0 Å². The highest BCUT2D eigenvalue weighted by Crippen LogP contribution is 2.30. The zero-order valence-electron chi connectivity index (χ0n) is 12.6. The van der Waals surface area contributed by atoms with E-state index in [1.54, 1.807) is 6.92 Å². The number of halogens is 2. The van der Waals surface area contributed by atoms with E-state index in [2.05, 4.69) is 6.92 Å². The molecule has 1 unspecified atom stereocenters. The summed E-state index contributed by atoms with van der Waals surface area (Å²) in [5.41, 5.74) is -1.24. The second kappa shape index (κ2) is 8.35. The van der Waals surface area contributed by atoms with Crippen molar-refractivity contribution in [1.29, 1.82) is 0 Å². The predicted molar refractivity (Wildman–Crippen MR) is 78.5 cm³/mol. The Morgan fingerprint density at radius 1 is 1.00 bits per heavy atom. The van der Waals surface area contributed by atoms with Crippen LogP contribution in [0.5, 0.6) is 0 Å². The number of aliphatic hydroxyl groups is 1. The molecule has 0 fully saturated rings. The van der Waals surface area contributed by atoms with Gasteiger partial charge in [-0.15, -0.1) is 0 Å². The zero-order valence-corrected chi connectivity index (χ0v) is 12.6. The van der Waals surface area contributed by atoms with Crippen LogP contribution >= 0.6 is 0 Å². The number of benzene rings is 1. The molecule has 0 aliphatic rings. The fraction of sp³-hybridized carbons (Fsp3) is 0.647. The van der Waals surface area contributed by atoms with Crippen LogP contribution < -0.4 is 0 Å². The van der Waals surface area contributed by atoms with Crippen molar-refractivity contribution in [3.05, 3.63) is 35.4 Å². The summed E-state index contributed by atoms with van der Waals surface area (Å²) in [7, 11) is 0. The van der Waals surface area contributed by atoms with E-state index in [4.69, 9.17) is 0 Å². The molecule has 0 heterocycles. The van der Waals surface area contributed by atoms with Crippen LogP contribution in [0.15, 0.2) is 18.2 Å². The second-order valence-corrected chi connectivity index (χ2v) is 5.75. The Morgan fingerprint density at radius 3 is 2.25 bits per heavy atom. The minimum Gasteiger partial charge on any atom is -0.385 e. The first-order valence-corrected chi connectivity index (χ1v) is 7.66. The van der Waals surface area contributed by atoms with Gasteiger partial charge in [-0.3, -0.25) is 0 Å². The Morgan fingerprint density at radius 2 is 1.60 bits per heavy atom. The molecule has 0 aliphatic heterocycles. The fourth-order valence-corrected chi connectivity index (χ4v) is 2.48. The maximum atomic E-state index is 13.7. The highest BCUT2D eigenvalue weighted by Gasteiger charge is 2.27. The first kappa shape index (κ1) is 17.1. The predicted octanol–water partition coefficient (Wildman–Crippen LogP) is 5.31. The van der Waals surface area contributed by atoms with Crippen molar-refractivity contribution in [3.63, 3.8) is 0 Å². The van der Waals surface area contributed by atoms with Gasteiger partial charge in [0, 0.05) is 5.56 Å². The maximum Gasteiger partial charge on any atom is 0.164 e. The van der Waals surface area contributed by atoms with Gasteiger partial charge < -0.3 is 5.11 Å². The lowest BCUT2D eigenvalue weighted by molar-refractivity contribution is 0.0405. The summed E-state index contributed by atoms with van der Waals surface area (Å²) in [5.74, 6) is -1.83. The molecule has 1 N–H and O–H groups in total. The molecule has 0 bridgehead atoms. The largest absolute Gasteiger partial charge is 0.385 e. The smallest absolute Gasteiger partial charge is 0.164 e. The Hall–Kier alpha value is -0.960. The Labute approximate surface area is 121 Å². The van der Waals surface area contributed by atoms with Gasteiger partial charge in [0.15, 0.2) is 11.6 Å². The molecule has 0 aliphatic carbocycles. The third-order valence-corrected chi connectivity index (χ3v) is 3.80. The number of hydrogen-bond donors (Lipinski definition) is 1. The summed E-state index contributed by atoms with van der Waals surface area (Å²) in [5, 5.41) is 10.3. The lowest BCUT2D eigenvalue weighted by Crippen LogP contribution is -2.23. The quantitative estimate of drug-likeness (QED) is 0.609. The van der Waals surface area contributed by atoms with Crippen LogP contribution in [0.25, 0.3) is 0 Å². The molecule has 20 heavy (non-hydrogen) atoms. The molecule has 1 atom stereocenters. The van der Waals surface area contributed by atoms with Crippen molar-refractivity contribution in [2.24, 2.45) is 0 Å². The van der Waals surface area contributed by atoms with Crippen molar-refractivity contribution in [2.45, 2.75) is 70.8 Å². The maximum absolute atomic E-state index is 13.7. The normalized spacial score (nSPS) is 14.2. The first-order chi connectivity index (χ1) is 9.49. The summed E-state index contributed by atoms with van der Waals surface area (Å²) in [6, 6.07) is 3.97. The van der Waals surface area contributed by atoms with E-state index in [9.17, 15) is 13.9 Å². The fourth-order valence-electron chi connectivity index (χ4n) is 2.48. The molecule has 114 valence electrons. The third kappa shape index (κ3) is 5.20. The van der Waals surface area contributed by atoms with E-state index < -0.39 is 17.2 Å². The minimum absolute atomic E-state index is 0.0588. The number of rotatable bonds is 9. The SMILES string of the molecule is CCCCCCCCCC(C)(O)c1cccc(F)c1F. The second-order valence-electron chi connectivity index (χ2n) is 5.75. The lowest BCUT2D eigenvalue weighted by atomic mass is 9.89. The highest BCUT2D eigenvalue weighted by atomic mass is 19.2. The molecular weight excluding hydrogens is 258 g/mol. The Kier molecular flexibility index (Phi) is 7.14. The van der Waals surface area contributed by atoms with Crippen molar-refractivity contribution in [3.8, 4) is 0 Å². The van der Waals surface area contributed by atoms with E-state index >= 15 is 0 Å². The van der Waals surface area contributed by atoms with Gasteiger partial charge in [0.1, 0.15) is 0 Å². The van der Waals surface area contributed by atoms with E-state index in [1.807, 2.05) is 0 Å². The standard InChI is InChI=1S/C17H26F2O/c1-3-4-5-6-7-8-9-13-17(2,20)14-11-10-12-15(18)16(14)19/h10-12,20H,3-9,13H2,1-2H3. The molecule has 0 aromatic heterocycles. The average Bonchev–Trinajstić information content (AvgIpc) is 2.40. The zero-order chi connectivity index (χ0) is 15.0. The minimum atomic E-state index is -1.30. The van der Waals surface area contributed by atoms with Gasteiger partial charge in [0.25, 0.3) is 0 Å². The first-order valence-electron chi connectivity index (χ1n) is 7.66. The van der Waals surface area contributed by atoms with Crippen LogP contribution in [0.3, 0.4) is 0 Å². The molecule has 1 nitrogen and oxygen atoms in total. The van der Waals surface area contributed by atoms with Crippen molar-refractivity contribution < 1.29 is 13.9 Å². The summed E-state index contributed by atoms with van der Waals surface area (Å²) < 4.78 is 26.9. The topological polar surface area (TPSA) is 20.2 Å². The molecule has 1 aromatic carbocycles. The van der Waals surface area contributed by atoms with Crippen LogP contribution in [-0.4, -0.2) is 5.11 Å². The molecule has 3 heteroatoms. The highest BCUT2D eigenvalue weighted by molar-refractivity contribution is 5.24. The van der Waals surface area contributed by atoms with E-state index in [1.165, 1.54) is 37.8 Å². The van der Waals surface area contributed by atoms with Gasteiger partial charge in [-0.25, -0.2) is 8.78 Å². The third-order valence-electron chi connectivity index (χ3n) is 3.80. The van der Waals surface area contributed by atoms with Gasteiger partial charge in [-0.2, -0.15) is 0 Å². The van der Waals surface area contributed by atoms with Crippen LogP contribution in [0, 0.1) is 11.6 Å². The summed E-state index contributed by atoms with van der Waals surface area (Å²) >= 11 is 0. The Bertz CT molecular complexity index is 402. The molecule has 0 saturated carbocycles. The summed E-state index contributed by atoms with van der Waals surface area (Å²) in [6.45, 7) is 3.74. The van der Waals surface area contributed by atoms with E-state index in [-0.39, 0.29) is 5.56 Å². The van der Waals surface area contributed by atoms with Crippen molar-refractivity contribution >= 4 is 0 Å². The molecule has 0 saturated heterocycles. The summed E-state index contributed by atoms with van der Waals surface area (Å²) in [6.07, 6.45) is 8.42. The molecule has 1 aromatic rings. The average molecular weight is 284 g/mol. The van der Waals surface area contributed by atoms with Gasteiger partial charge in [0.2, 0.25) is 0 Å². The Balaban J connectivity index is 2.40. The van der Waals surface area contributed by atoms with Crippen LogP contribution in [0.4, 0.5) is 8.78 Å². The van der Waals surface area contributed by atoms with Crippen LogP contribution in [0.2, 0.25) is 0 Å². The van der Waals surface area contributed by atoms with Crippen LogP contribution in [-0.2, 0) is 5.60 Å². The van der Waals surface area contributed by atoms with Gasteiger partial charge in [0.05, 0.1) is 5.60 Å². The molecule has 0 amide bonds. The van der Waals surface area contributed by atoms with Gasteiger partial charge in [-0.05, 0) is 19.4 Å². The molecular formula is C17H26F2O. The lowest BCUT2D eigenvalue weighted by Gasteiger charge is -2.24. The van der Waals surface area contributed by atoms with Crippen molar-refractivity contribution in [2.75, 3.05) is 0 Å². The number of unbranched alkanes of at least 4 members (excludes halogenated alkanes) is 6. The number of hydrogen-bond acceptors (Lipinski definition) is 1. The molecule has 0 spiro atoms. The molecule has 1 rings (SSSR count).